The monoisotopic (exact) mass is 444 g/mol. The molecule has 3 aromatic rings. The number of nitrogens with zero attached hydrogens (tertiary/aromatic N) is 3. The van der Waals surface area contributed by atoms with Gasteiger partial charge in [-0.1, -0.05) is 0 Å². The van der Waals surface area contributed by atoms with Gasteiger partial charge in [0.15, 0.2) is 0 Å². The first-order valence-electron chi connectivity index (χ1n) is 10.3. The molecular formula is C22H25ClN4O4. The lowest BCUT2D eigenvalue weighted by molar-refractivity contribution is -0.124. The Morgan fingerprint density at radius 1 is 1.29 bits per heavy atom. The molecule has 1 saturated carbocycles. The zero-order valence-electron chi connectivity index (χ0n) is 17.3. The van der Waals surface area contributed by atoms with Gasteiger partial charge in [-0.25, -0.2) is 0 Å². The number of furan rings is 1. The van der Waals surface area contributed by atoms with E-state index in [2.05, 4.69) is 10.3 Å². The first kappa shape index (κ1) is 21.4. The summed E-state index contributed by atoms with van der Waals surface area (Å²) in [6.07, 6.45) is 7.62. The summed E-state index contributed by atoms with van der Waals surface area (Å²) in [5.74, 6) is 1.98. The number of carbonyl (C=O) groups excluding carboxylic acids is 1. The zero-order valence-corrected chi connectivity index (χ0v) is 18.1. The van der Waals surface area contributed by atoms with Crippen molar-refractivity contribution >= 4 is 29.3 Å². The highest BCUT2D eigenvalue weighted by atomic mass is 35.5. The summed E-state index contributed by atoms with van der Waals surface area (Å²) in [7, 11) is 1.73. The third-order valence-corrected chi connectivity index (χ3v) is 5.64. The van der Waals surface area contributed by atoms with Crippen LogP contribution in [0.25, 0.3) is 22.1 Å². The lowest BCUT2D eigenvalue weighted by Gasteiger charge is -2.25. The molecule has 0 bridgehead atoms. The van der Waals surface area contributed by atoms with Crippen molar-refractivity contribution in [2.24, 2.45) is 13.0 Å². The standard InChI is InChI=1S/C22H24N4O4.ClH/c1-25-11-18(16-4-5-23-9-19(16)29-13-14-2-3-14)21-17(22(25)28)8-15(30-21)10-26-7-6-24-20(27)12-26;/h4-5,8-9,11,14H,2-3,6-7,10,12-13H2,1H3,(H,24,27);1H. The Kier molecular flexibility index (Phi) is 6.02. The van der Waals surface area contributed by atoms with E-state index >= 15 is 0 Å². The summed E-state index contributed by atoms with van der Waals surface area (Å²) in [6.45, 7) is 2.84. The number of ether oxygens (including phenoxy) is 1. The highest BCUT2D eigenvalue weighted by molar-refractivity contribution is 5.93. The summed E-state index contributed by atoms with van der Waals surface area (Å²) in [4.78, 5) is 30.6. The summed E-state index contributed by atoms with van der Waals surface area (Å²) in [5.41, 5.74) is 2.07. The van der Waals surface area contributed by atoms with Crippen molar-refractivity contribution in [1.29, 1.82) is 0 Å². The molecule has 4 heterocycles. The number of aromatic nitrogens is 2. The molecule has 9 heteroatoms. The van der Waals surface area contributed by atoms with Crippen molar-refractivity contribution in [2.75, 3.05) is 26.2 Å². The average molecular weight is 445 g/mol. The van der Waals surface area contributed by atoms with Gasteiger partial charge < -0.3 is 19.0 Å². The van der Waals surface area contributed by atoms with Crippen molar-refractivity contribution in [2.45, 2.75) is 19.4 Å². The maximum Gasteiger partial charge on any atom is 0.261 e. The first-order valence-corrected chi connectivity index (χ1v) is 10.3. The van der Waals surface area contributed by atoms with Crippen LogP contribution >= 0.6 is 12.4 Å². The molecule has 1 saturated heterocycles. The van der Waals surface area contributed by atoms with Gasteiger partial charge in [0.25, 0.3) is 5.56 Å². The number of fused-ring (bicyclic) bond motifs is 1. The fraction of sp³-hybridized carbons (Fsp3) is 0.409. The molecule has 0 aromatic carbocycles. The maximum atomic E-state index is 12.8. The van der Waals surface area contributed by atoms with Gasteiger partial charge in [-0.05, 0) is 30.9 Å². The van der Waals surface area contributed by atoms with Crippen LogP contribution in [0, 0.1) is 5.92 Å². The normalized spacial score (nSPS) is 16.7. The molecule has 5 rings (SSSR count). The van der Waals surface area contributed by atoms with Crippen LogP contribution < -0.4 is 15.6 Å². The second-order valence-corrected chi connectivity index (χ2v) is 8.10. The number of amides is 1. The van der Waals surface area contributed by atoms with Crippen LogP contribution in [0.5, 0.6) is 5.75 Å². The van der Waals surface area contributed by atoms with Gasteiger partial charge in [0, 0.05) is 43.7 Å². The van der Waals surface area contributed by atoms with E-state index in [4.69, 9.17) is 9.15 Å². The Hall–Kier alpha value is -2.84. The second-order valence-electron chi connectivity index (χ2n) is 8.10. The number of nitrogens with one attached hydrogen (secondary N) is 1. The minimum absolute atomic E-state index is 0. The van der Waals surface area contributed by atoms with Crippen LogP contribution in [0.1, 0.15) is 18.6 Å². The zero-order chi connectivity index (χ0) is 20.7. The summed E-state index contributed by atoms with van der Waals surface area (Å²) in [6, 6.07) is 3.68. The van der Waals surface area contributed by atoms with Gasteiger partial charge >= 0.3 is 0 Å². The van der Waals surface area contributed by atoms with Gasteiger partial charge in [-0.2, -0.15) is 0 Å². The fourth-order valence-corrected chi connectivity index (χ4v) is 3.83. The topological polar surface area (TPSA) is 89.6 Å². The van der Waals surface area contributed by atoms with Gasteiger partial charge in [0.2, 0.25) is 5.91 Å². The van der Waals surface area contributed by atoms with Crippen LogP contribution in [-0.4, -0.2) is 46.6 Å². The number of carbonyl (C=O) groups is 1. The molecule has 3 aromatic heterocycles. The third kappa shape index (κ3) is 4.45. The maximum absolute atomic E-state index is 12.8. The van der Waals surface area contributed by atoms with E-state index in [1.807, 2.05) is 11.0 Å². The highest BCUT2D eigenvalue weighted by Gasteiger charge is 2.24. The van der Waals surface area contributed by atoms with Crippen molar-refractivity contribution in [1.82, 2.24) is 19.8 Å². The molecule has 1 aliphatic carbocycles. The van der Waals surface area contributed by atoms with Crippen LogP contribution in [0.3, 0.4) is 0 Å². The van der Waals surface area contributed by atoms with E-state index < -0.39 is 0 Å². The number of piperazine rings is 1. The number of aryl methyl sites for hydroxylation is 1. The minimum atomic E-state index is -0.116. The number of halogens is 1. The first-order chi connectivity index (χ1) is 14.6. The molecule has 1 aliphatic heterocycles. The fourth-order valence-electron chi connectivity index (χ4n) is 3.83. The van der Waals surface area contributed by atoms with Crippen molar-refractivity contribution < 1.29 is 13.9 Å². The Balaban J connectivity index is 0.00000231. The Morgan fingerprint density at radius 2 is 2.13 bits per heavy atom. The largest absolute Gasteiger partial charge is 0.491 e. The van der Waals surface area contributed by atoms with Crippen molar-refractivity contribution in [3.05, 3.63) is 46.8 Å². The molecule has 31 heavy (non-hydrogen) atoms. The SMILES string of the molecule is Cl.Cn1cc(-c2ccncc2OCC2CC2)c2oc(CN3CCNC(=O)C3)cc2c1=O. The van der Waals surface area contributed by atoms with E-state index in [9.17, 15) is 9.59 Å². The summed E-state index contributed by atoms with van der Waals surface area (Å²) < 4.78 is 13.8. The molecule has 0 atom stereocenters. The molecule has 1 N–H and O–H groups in total. The Labute approximate surface area is 185 Å². The summed E-state index contributed by atoms with van der Waals surface area (Å²) >= 11 is 0. The smallest absolute Gasteiger partial charge is 0.261 e. The number of rotatable bonds is 6. The Bertz CT molecular complexity index is 1170. The van der Waals surface area contributed by atoms with Crippen LogP contribution in [0.4, 0.5) is 0 Å². The highest BCUT2D eigenvalue weighted by Crippen LogP contribution is 2.36. The van der Waals surface area contributed by atoms with Gasteiger partial charge in [0.1, 0.15) is 17.1 Å². The van der Waals surface area contributed by atoms with Crippen LogP contribution in [0.15, 0.2) is 39.9 Å². The average Bonchev–Trinajstić information content (AvgIpc) is 3.48. The molecule has 164 valence electrons. The van der Waals surface area contributed by atoms with Crippen LogP contribution in [0.2, 0.25) is 0 Å². The van der Waals surface area contributed by atoms with E-state index in [0.717, 1.165) is 17.7 Å². The lowest BCUT2D eigenvalue weighted by Crippen LogP contribution is -2.47. The molecule has 8 nitrogen and oxygen atoms in total. The third-order valence-electron chi connectivity index (χ3n) is 5.64. The summed E-state index contributed by atoms with van der Waals surface area (Å²) in [5, 5.41) is 3.34. The molecule has 2 aliphatic rings. The molecule has 0 spiro atoms. The van der Waals surface area contributed by atoms with Crippen LogP contribution in [-0.2, 0) is 18.4 Å². The van der Waals surface area contributed by atoms with E-state index in [1.54, 1.807) is 36.3 Å². The second kappa shape index (κ2) is 8.72. The van der Waals surface area contributed by atoms with Crippen molar-refractivity contribution in [3.8, 4) is 16.9 Å². The quantitative estimate of drug-likeness (QED) is 0.627. The number of hydrogen-bond donors (Lipinski definition) is 1. The van der Waals surface area contributed by atoms with Crippen molar-refractivity contribution in [3.63, 3.8) is 0 Å². The van der Waals surface area contributed by atoms with E-state index in [0.29, 0.717) is 54.6 Å². The number of hydrogen-bond acceptors (Lipinski definition) is 6. The van der Waals surface area contributed by atoms with Gasteiger partial charge in [-0.15, -0.1) is 12.4 Å². The van der Waals surface area contributed by atoms with E-state index in [1.165, 1.54) is 12.8 Å². The molecule has 2 fully saturated rings. The number of pyridine rings is 2. The molecule has 0 unspecified atom stereocenters. The van der Waals surface area contributed by atoms with E-state index in [-0.39, 0.29) is 23.9 Å². The van der Waals surface area contributed by atoms with Gasteiger partial charge in [-0.3, -0.25) is 19.5 Å². The predicted octanol–water partition coefficient (Wildman–Crippen LogP) is 2.34. The minimum Gasteiger partial charge on any atom is -0.491 e. The predicted molar refractivity (Wildman–Crippen MR) is 118 cm³/mol. The van der Waals surface area contributed by atoms with Gasteiger partial charge in [0.05, 0.1) is 31.3 Å². The Morgan fingerprint density at radius 3 is 2.90 bits per heavy atom. The molecule has 1 amide bonds. The lowest BCUT2D eigenvalue weighted by atomic mass is 10.1. The molecule has 0 radical (unpaired) electrons. The molecular weight excluding hydrogens is 420 g/mol.